The molecule has 1 amide bonds. The SMILES string of the molecule is Cc1ccc(Cl)cc1N(C(=O)c1ccc(Cl)cc1)C1CCS(=O)(=O)C1. The van der Waals surface area contributed by atoms with Crippen molar-refractivity contribution in [3.05, 3.63) is 63.6 Å². The smallest absolute Gasteiger partial charge is 0.258 e. The third-order valence-corrected chi connectivity index (χ3v) is 6.55. The summed E-state index contributed by atoms with van der Waals surface area (Å²) in [6.45, 7) is 1.87. The molecule has 0 aromatic heterocycles. The van der Waals surface area contributed by atoms with Gasteiger partial charge in [0.15, 0.2) is 9.84 Å². The third kappa shape index (κ3) is 4.00. The summed E-state index contributed by atoms with van der Waals surface area (Å²) in [4.78, 5) is 14.7. The molecule has 1 atom stereocenters. The van der Waals surface area contributed by atoms with Crippen molar-refractivity contribution in [2.45, 2.75) is 19.4 Å². The van der Waals surface area contributed by atoms with Gasteiger partial charge in [-0.05, 0) is 55.3 Å². The molecule has 1 heterocycles. The predicted molar refractivity (Wildman–Crippen MR) is 102 cm³/mol. The normalized spacial score (nSPS) is 18.9. The van der Waals surface area contributed by atoms with Crippen molar-refractivity contribution in [2.24, 2.45) is 0 Å². The van der Waals surface area contributed by atoms with E-state index in [9.17, 15) is 13.2 Å². The Balaban J connectivity index is 2.07. The number of carbonyl (C=O) groups excluding carboxylic acids is 1. The van der Waals surface area contributed by atoms with Crippen molar-refractivity contribution in [3.8, 4) is 0 Å². The first-order chi connectivity index (χ1) is 11.8. The fourth-order valence-corrected chi connectivity index (χ4v) is 5.02. The number of halogens is 2. The van der Waals surface area contributed by atoms with Gasteiger partial charge in [-0.3, -0.25) is 4.79 Å². The Morgan fingerprint density at radius 3 is 2.32 bits per heavy atom. The van der Waals surface area contributed by atoms with Crippen LogP contribution in [0.25, 0.3) is 0 Å². The summed E-state index contributed by atoms with van der Waals surface area (Å²) in [5.74, 6) is -0.218. The molecule has 7 heteroatoms. The number of aryl methyl sites for hydroxylation is 1. The van der Waals surface area contributed by atoms with Gasteiger partial charge in [0.1, 0.15) is 0 Å². The van der Waals surface area contributed by atoms with Gasteiger partial charge in [-0.1, -0.05) is 29.3 Å². The number of benzene rings is 2. The van der Waals surface area contributed by atoms with Gasteiger partial charge in [-0.2, -0.15) is 0 Å². The van der Waals surface area contributed by atoms with E-state index in [2.05, 4.69) is 0 Å². The summed E-state index contributed by atoms with van der Waals surface area (Å²) in [7, 11) is -3.14. The fraction of sp³-hybridized carbons (Fsp3) is 0.278. The first-order valence-corrected chi connectivity index (χ1v) is 10.4. The average molecular weight is 398 g/mol. The summed E-state index contributed by atoms with van der Waals surface area (Å²) < 4.78 is 23.9. The van der Waals surface area contributed by atoms with Crippen molar-refractivity contribution in [1.82, 2.24) is 0 Å². The van der Waals surface area contributed by atoms with Crippen LogP contribution in [0.15, 0.2) is 42.5 Å². The van der Waals surface area contributed by atoms with Gasteiger partial charge in [0, 0.05) is 21.3 Å². The highest BCUT2D eigenvalue weighted by Gasteiger charge is 2.36. The molecule has 1 aliphatic rings. The van der Waals surface area contributed by atoms with E-state index < -0.39 is 15.9 Å². The van der Waals surface area contributed by atoms with Crippen molar-refractivity contribution >= 4 is 44.6 Å². The van der Waals surface area contributed by atoms with Crippen LogP contribution in [0.3, 0.4) is 0 Å². The Bertz CT molecular complexity index is 910. The van der Waals surface area contributed by atoms with Gasteiger partial charge in [0.25, 0.3) is 5.91 Å². The van der Waals surface area contributed by atoms with Gasteiger partial charge in [-0.25, -0.2) is 8.42 Å². The third-order valence-electron chi connectivity index (χ3n) is 4.31. The minimum absolute atomic E-state index is 0.0434. The molecule has 2 aromatic carbocycles. The maximum Gasteiger partial charge on any atom is 0.258 e. The minimum Gasteiger partial charge on any atom is -0.304 e. The summed E-state index contributed by atoms with van der Waals surface area (Å²) in [5.41, 5.74) is 1.94. The Morgan fingerprint density at radius 1 is 1.08 bits per heavy atom. The van der Waals surface area contributed by atoms with E-state index in [1.54, 1.807) is 41.3 Å². The molecule has 2 aromatic rings. The van der Waals surface area contributed by atoms with E-state index in [4.69, 9.17) is 23.2 Å². The molecular weight excluding hydrogens is 381 g/mol. The molecular formula is C18H17Cl2NO3S. The number of hydrogen-bond donors (Lipinski definition) is 0. The number of rotatable bonds is 3. The van der Waals surface area contributed by atoms with Crippen LogP contribution in [0.5, 0.6) is 0 Å². The monoisotopic (exact) mass is 397 g/mol. The standard InChI is InChI=1S/C18H17Cl2NO3S/c1-12-2-5-15(20)10-17(12)21(16-8-9-25(23,24)11-16)18(22)13-3-6-14(19)7-4-13/h2-7,10,16H,8-9,11H2,1H3. The zero-order valence-electron chi connectivity index (χ0n) is 13.6. The number of hydrogen-bond acceptors (Lipinski definition) is 3. The van der Waals surface area contributed by atoms with Crippen LogP contribution >= 0.6 is 23.2 Å². The Kier molecular flexibility index (Phi) is 5.09. The largest absolute Gasteiger partial charge is 0.304 e. The van der Waals surface area contributed by atoms with E-state index in [1.165, 1.54) is 0 Å². The second-order valence-corrected chi connectivity index (χ2v) is 9.27. The van der Waals surface area contributed by atoms with E-state index in [1.807, 2.05) is 13.0 Å². The van der Waals surface area contributed by atoms with Crippen LogP contribution in [0.4, 0.5) is 5.69 Å². The molecule has 1 aliphatic heterocycles. The van der Waals surface area contributed by atoms with Crippen LogP contribution in [-0.2, 0) is 9.84 Å². The van der Waals surface area contributed by atoms with Crippen LogP contribution in [-0.4, -0.2) is 31.9 Å². The number of nitrogens with zero attached hydrogens (tertiary/aromatic N) is 1. The van der Waals surface area contributed by atoms with Crippen molar-refractivity contribution < 1.29 is 13.2 Å². The van der Waals surface area contributed by atoms with E-state index in [-0.39, 0.29) is 17.4 Å². The molecule has 3 rings (SSSR count). The van der Waals surface area contributed by atoms with Crippen molar-refractivity contribution in [1.29, 1.82) is 0 Å². The summed E-state index contributed by atoms with van der Waals surface area (Å²) in [6.07, 6.45) is 0.410. The molecule has 0 radical (unpaired) electrons. The first kappa shape index (κ1) is 18.2. The van der Waals surface area contributed by atoms with E-state index in [0.717, 1.165) is 5.56 Å². The van der Waals surface area contributed by atoms with Gasteiger partial charge in [0.2, 0.25) is 0 Å². The first-order valence-electron chi connectivity index (χ1n) is 7.82. The molecule has 1 unspecified atom stereocenters. The maximum absolute atomic E-state index is 13.2. The second-order valence-electron chi connectivity index (χ2n) is 6.17. The maximum atomic E-state index is 13.2. The zero-order valence-corrected chi connectivity index (χ0v) is 15.9. The van der Waals surface area contributed by atoms with Gasteiger partial charge < -0.3 is 4.90 Å². The van der Waals surface area contributed by atoms with Crippen LogP contribution in [0, 0.1) is 6.92 Å². The minimum atomic E-state index is -3.14. The molecule has 0 spiro atoms. The van der Waals surface area contributed by atoms with Gasteiger partial charge >= 0.3 is 0 Å². The quantitative estimate of drug-likeness (QED) is 0.781. The highest BCUT2D eigenvalue weighted by molar-refractivity contribution is 7.91. The Morgan fingerprint density at radius 2 is 1.72 bits per heavy atom. The molecule has 1 saturated heterocycles. The Labute approximate surface area is 157 Å². The average Bonchev–Trinajstić information content (AvgIpc) is 2.91. The Hall–Kier alpha value is -1.56. The lowest BCUT2D eigenvalue weighted by atomic mass is 10.1. The lowest BCUT2D eigenvalue weighted by molar-refractivity contribution is 0.0979. The van der Waals surface area contributed by atoms with Crippen molar-refractivity contribution in [3.63, 3.8) is 0 Å². The van der Waals surface area contributed by atoms with E-state index >= 15 is 0 Å². The lowest BCUT2D eigenvalue weighted by Gasteiger charge is -2.30. The predicted octanol–water partition coefficient (Wildman–Crippen LogP) is 4.14. The second kappa shape index (κ2) is 6.98. The lowest BCUT2D eigenvalue weighted by Crippen LogP contribution is -2.41. The summed E-state index contributed by atoms with van der Waals surface area (Å²) in [5, 5.41) is 1.03. The van der Waals surface area contributed by atoms with E-state index in [0.29, 0.717) is 27.7 Å². The van der Waals surface area contributed by atoms with Gasteiger partial charge in [-0.15, -0.1) is 0 Å². The molecule has 25 heavy (non-hydrogen) atoms. The van der Waals surface area contributed by atoms with Crippen LogP contribution < -0.4 is 4.90 Å². The summed E-state index contributed by atoms with van der Waals surface area (Å²) in [6, 6.07) is 11.4. The molecule has 132 valence electrons. The van der Waals surface area contributed by atoms with Gasteiger partial charge in [0.05, 0.1) is 17.5 Å². The molecule has 0 saturated carbocycles. The fourth-order valence-electron chi connectivity index (χ4n) is 3.02. The number of sulfone groups is 1. The number of carbonyl (C=O) groups is 1. The molecule has 1 fully saturated rings. The highest BCUT2D eigenvalue weighted by Crippen LogP contribution is 2.31. The van der Waals surface area contributed by atoms with Crippen LogP contribution in [0.2, 0.25) is 10.0 Å². The zero-order chi connectivity index (χ0) is 18.2. The van der Waals surface area contributed by atoms with Crippen LogP contribution in [0.1, 0.15) is 22.3 Å². The molecule has 0 bridgehead atoms. The molecule has 0 aliphatic carbocycles. The topological polar surface area (TPSA) is 54.5 Å². The molecule has 4 nitrogen and oxygen atoms in total. The summed E-state index contributed by atoms with van der Waals surface area (Å²) >= 11 is 12.0. The molecule has 0 N–H and O–H groups in total. The van der Waals surface area contributed by atoms with Crippen molar-refractivity contribution in [2.75, 3.05) is 16.4 Å². The highest BCUT2D eigenvalue weighted by atomic mass is 35.5. The number of amides is 1. The number of anilines is 1.